The Morgan fingerprint density at radius 3 is 2.48 bits per heavy atom. The van der Waals surface area contributed by atoms with Crippen LogP contribution in [0.15, 0.2) is 48.7 Å². The van der Waals surface area contributed by atoms with Gasteiger partial charge >= 0.3 is 6.36 Å². The predicted molar refractivity (Wildman–Crippen MR) is 72.6 cm³/mol. The van der Waals surface area contributed by atoms with Crippen LogP contribution in [-0.2, 0) is 6.42 Å². The van der Waals surface area contributed by atoms with E-state index >= 15 is 0 Å². The van der Waals surface area contributed by atoms with E-state index in [4.69, 9.17) is 5.73 Å². The summed E-state index contributed by atoms with van der Waals surface area (Å²) in [4.78, 5) is 4.16. The Morgan fingerprint density at radius 1 is 1.10 bits per heavy atom. The van der Waals surface area contributed by atoms with Gasteiger partial charge in [-0.3, -0.25) is 4.98 Å². The van der Waals surface area contributed by atoms with Gasteiger partial charge in [0.15, 0.2) is 0 Å². The topological polar surface area (TPSA) is 48.1 Å². The summed E-state index contributed by atoms with van der Waals surface area (Å²) in [7, 11) is 0. The molecular formula is C15H15F3N2O. The first kappa shape index (κ1) is 15.3. The van der Waals surface area contributed by atoms with Crippen molar-refractivity contribution in [2.24, 2.45) is 5.73 Å². The minimum atomic E-state index is -4.73. The fourth-order valence-electron chi connectivity index (χ4n) is 2.01. The zero-order chi connectivity index (χ0) is 15.3. The van der Waals surface area contributed by atoms with Crippen LogP contribution >= 0.6 is 0 Å². The number of aryl methyl sites for hydroxylation is 1. The molecule has 0 saturated carbocycles. The first-order valence-electron chi connectivity index (χ1n) is 6.46. The number of alkyl halides is 3. The smallest absolute Gasteiger partial charge is 0.405 e. The van der Waals surface area contributed by atoms with Crippen LogP contribution in [0.25, 0.3) is 0 Å². The summed E-state index contributed by atoms with van der Waals surface area (Å²) in [6.45, 7) is 0. The molecule has 0 fully saturated rings. The molecule has 0 aliphatic carbocycles. The molecule has 1 atom stereocenters. The van der Waals surface area contributed by atoms with Gasteiger partial charge in [0.1, 0.15) is 5.75 Å². The standard InChI is InChI=1S/C15H15F3N2O/c16-15(17,18)21-14-7-2-1-6-12(14)13(19)9-8-11-5-3-4-10-20-11/h1-7,10,13H,8-9,19H2. The lowest BCUT2D eigenvalue weighted by atomic mass is 10.0. The second kappa shape index (κ2) is 6.58. The van der Waals surface area contributed by atoms with E-state index < -0.39 is 12.4 Å². The maximum atomic E-state index is 12.4. The number of ether oxygens (including phenoxy) is 1. The molecule has 0 aliphatic rings. The first-order valence-corrected chi connectivity index (χ1v) is 6.46. The molecule has 21 heavy (non-hydrogen) atoms. The van der Waals surface area contributed by atoms with Crippen LogP contribution < -0.4 is 10.5 Å². The van der Waals surface area contributed by atoms with Gasteiger partial charge in [0, 0.05) is 23.5 Å². The second-order valence-corrected chi connectivity index (χ2v) is 4.55. The quantitative estimate of drug-likeness (QED) is 0.917. The van der Waals surface area contributed by atoms with E-state index in [0.29, 0.717) is 18.4 Å². The van der Waals surface area contributed by atoms with E-state index in [1.165, 1.54) is 12.1 Å². The number of aromatic nitrogens is 1. The molecule has 0 spiro atoms. The van der Waals surface area contributed by atoms with E-state index in [-0.39, 0.29) is 5.75 Å². The van der Waals surface area contributed by atoms with Gasteiger partial charge in [0.05, 0.1) is 0 Å². The molecule has 0 saturated heterocycles. The Balaban J connectivity index is 2.07. The number of para-hydroxylation sites is 1. The van der Waals surface area contributed by atoms with Crippen molar-refractivity contribution in [1.82, 2.24) is 4.98 Å². The Kier molecular flexibility index (Phi) is 4.80. The lowest BCUT2D eigenvalue weighted by Gasteiger charge is -2.17. The van der Waals surface area contributed by atoms with Gasteiger partial charge in [-0.2, -0.15) is 0 Å². The predicted octanol–water partition coefficient (Wildman–Crippen LogP) is 3.61. The molecule has 112 valence electrons. The summed E-state index contributed by atoms with van der Waals surface area (Å²) in [6, 6.07) is 10.9. The maximum absolute atomic E-state index is 12.4. The third-order valence-corrected chi connectivity index (χ3v) is 2.98. The van der Waals surface area contributed by atoms with Crippen LogP contribution in [0.4, 0.5) is 13.2 Å². The van der Waals surface area contributed by atoms with E-state index in [1.807, 2.05) is 12.1 Å². The number of benzene rings is 1. The molecule has 2 rings (SSSR count). The molecule has 3 nitrogen and oxygen atoms in total. The average Bonchev–Trinajstić information content (AvgIpc) is 2.45. The Morgan fingerprint density at radius 2 is 1.81 bits per heavy atom. The highest BCUT2D eigenvalue weighted by atomic mass is 19.4. The summed E-state index contributed by atoms with van der Waals surface area (Å²) in [6.07, 6.45) is -1.99. The largest absolute Gasteiger partial charge is 0.573 e. The molecule has 0 bridgehead atoms. The maximum Gasteiger partial charge on any atom is 0.573 e. The third kappa shape index (κ3) is 4.75. The molecular weight excluding hydrogens is 281 g/mol. The van der Waals surface area contributed by atoms with Crippen LogP contribution in [0.5, 0.6) is 5.75 Å². The Labute approximate surface area is 120 Å². The monoisotopic (exact) mass is 296 g/mol. The van der Waals surface area contributed by atoms with Crippen LogP contribution in [0.2, 0.25) is 0 Å². The van der Waals surface area contributed by atoms with Gasteiger partial charge < -0.3 is 10.5 Å². The first-order chi connectivity index (χ1) is 9.96. The third-order valence-electron chi connectivity index (χ3n) is 2.98. The van der Waals surface area contributed by atoms with Crippen LogP contribution in [0, 0.1) is 0 Å². The van der Waals surface area contributed by atoms with Crippen LogP contribution in [0.3, 0.4) is 0 Å². The van der Waals surface area contributed by atoms with Crippen molar-refractivity contribution in [3.05, 3.63) is 59.9 Å². The van der Waals surface area contributed by atoms with Crippen LogP contribution in [-0.4, -0.2) is 11.3 Å². The lowest BCUT2D eigenvalue weighted by Crippen LogP contribution is -2.20. The van der Waals surface area contributed by atoms with Gasteiger partial charge in [0.2, 0.25) is 0 Å². The van der Waals surface area contributed by atoms with Crippen molar-refractivity contribution in [2.45, 2.75) is 25.2 Å². The van der Waals surface area contributed by atoms with Crippen molar-refractivity contribution in [3.63, 3.8) is 0 Å². The number of nitrogens with zero attached hydrogens (tertiary/aromatic N) is 1. The highest BCUT2D eigenvalue weighted by molar-refractivity contribution is 5.36. The van der Waals surface area contributed by atoms with E-state index in [9.17, 15) is 13.2 Å². The highest BCUT2D eigenvalue weighted by Crippen LogP contribution is 2.30. The van der Waals surface area contributed by atoms with E-state index in [2.05, 4.69) is 9.72 Å². The SMILES string of the molecule is NC(CCc1ccccn1)c1ccccc1OC(F)(F)F. The molecule has 1 heterocycles. The summed E-state index contributed by atoms with van der Waals surface area (Å²) in [5.74, 6) is -0.251. The number of halogens is 3. The molecule has 2 N–H and O–H groups in total. The molecule has 0 radical (unpaired) electrons. The van der Waals surface area contributed by atoms with Crippen molar-refractivity contribution >= 4 is 0 Å². The number of rotatable bonds is 5. The summed E-state index contributed by atoms with van der Waals surface area (Å²) < 4.78 is 41.1. The molecule has 0 aliphatic heterocycles. The fourth-order valence-corrected chi connectivity index (χ4v) is 2.01. The van der Waals surface area contributed by atoms with Crippen LogP contribution in [0.1, 0.15) is 23.7 Å². The Hall–Kier alpha value is -2.08. The molecule has 1 aromatic carbocycles. The molecule has 1 aromatic heterocycles. The summed E-state index contributed by atoms with van der Waals surface area (Å²) in [5.41, 5.74) is 7.18. The van der Waals surface area contributed by atoms with Gasteiger partial charge in [-0.05, 0) is 31.0 Å². The fraction of sp³-hybridized carbons (Fsp3) is 0.267. The lowest BCUT2D eigenvalue weighted by molar-refractivity contribution is -0.275. The number of nitrogens with two attached hydrogens (primary N) is 1. The summed E-state index contributed by atoms with van der Waals surface area (Å²) in [5, 5.41) is 0. The van der Waals surface area contributed by atoms with Gasteiger partial charge in [0.25, 0.3) is 0 Å². The van der Waals surface area contributed by atoms with Gasteiger partial charge in [-0.25, -0.2) is 0 Å². The van der Waals surface area contributed by atoms with Crippen molar-refractivity contribution in [3.8, 4) is 5.75 Å². The minimum absolute atomic E-state index is 0.251. The molecule has 6 heteroatoms. The Bertz CT molecular complexity index is 573. The minimum Gasteiger partial charge on any atom is -0.405 e. The number of hydrogen-bond donors (Lipinski definition) is 1. The van der Waals surface area contributed by atoms with Gasteiger partial charge in [-0.1, -0.05) is 24.3 Å². The van der Waals surface area contributed by atoms with Gasteiger partial charge in [-0.15, -0.1) is 13.2 Å². The highest BCUT2D eigenvalue weighted by Gasteiger charge is 2.32. The van der Waals surface area contributed by atoms with E-state index in [0.717, 1.165) is 5.69 Å². The second-order valence-electron chi connectivity index (χ2n) is 4.55. The zero-order valence-electron chi connectivity index (χ0n) is 11.2. The van der Waals surface area contributed by atoms with Crippen molar-refractivity contribution < 1.29 is 17.9 Å². The number of pyridine rings is 1. The molecule has 2 aromatic rings. The van der Waals surface area contributed by atoms with Crippen molar-refractivity contribution in [1.29, 1.82) is 0 Å². The number of hydrogen-bond acceptors (Lipinski definition) is 3. The van der Waals surface area contributed by atoms with Crippen molar-refractivity contribution in [2.75, 3.05) is 0 Å². The van der Waals surface area contributed by atoms with E-state index in [1.54, 1.807) is 24.4 Å². The normalized spacial score (nSPS) is 13.0. The summed E-state index contributed by atoms with van der Waals surface area (Å²) >= 11 is 0. The molecule has 0 amide bonds. The zero-order valence-corrected chi connectivity index (χ0v) is 11.2. The average molecular weight is 296 g/mol. The molecule has 1 unspecified atom stereocenters.